The molecule has 182 valence electrons. The summed E-state index contributed by atoms with van der Waals surface area (Å²) in [5, 5.41) is 2.56. The van der Waals surface area contributed by atoms with Gasteiger partial charge in [0, 0.05) is 25.2 Å². The molecular formula is C20H26N2O9S2. The minimum absolute atomic E-state index is 0.0332. The average Bonchev–Trinajstić information content (AvgIpc) is 3.15. The fraction of sp³-hybridized carbons (Fsp3) is 0.600. The molecule has 0 unspecified atom stereocenters. The van der Waals surface area contributed by atoms with Crippen molar-refractivity contribution in [3.63, 3.8) is 0 Å². The molecule has 11 nitrogen and oxygen atoms in total. The summed E-state index contributed by atoms with van der Waals surface area (Å²) in [4.78, 5) is 24.4. The fourth-order valence-corrected chi connectivity index (χ4v) is 7.26. The minimum Gasteiger partial charge on any atom is -0.486 e. The summed E-state index contributed by atoms with van der Waals surface area (Å²) in [5.41, 5.74) is 0. The van der Waals surface area contributed by atoms with Crippen LogP contribution in [0, 0.1) is 5.92 Å². The predicted octanol–water partition coefficient (Wildman–Crippen LogP) is -0.295. The molecule has 0 spiro atoms. The molecule has 1 atom stereocenters. The van der Waals surface area contributed by atoms with E-state index in [0.29, 0.717) is 31.1 Å². The van der Waals surface area contributed by atoms with Crippen LogP contribution >= 0.6 is 0 Å². The quantitative estimate of drug-likeness (QED) is 0.518. The van der Waals surface area contributed by atoms with Gasteiger partial charge in [0.1, 0.15) is 13.2 Å². The number of sulfone groups is 1. The zero-order chi connectivity index (χ0) is 23.6. The molecule has 1 N–H and O–H groups in total. The highest BCUT2D eigenvalue weighted by Gasteiger charge is 2.34. The van der Waals surface area contributed by atoms with Crippen LogP contribution in [0.15, 0.2) is 23.1 Å². The molecule has 13 heteroatoms. The maximum absolute atomic E-state index is 13.0. The van der Waals surface area contributed by atoms with Crippen LogP contribution in [0.5, 0.6) is 11.5 Å². The number of hydrogen-bond donors (Lipinski definition) is 1. The molecule has 33 heavy (non-hydrogen) atoms. The lowest BCUT2D eigenvalue weighted by atomic mass is 9.98. The average molecular weight is 503 g/mol. The second-order valence-electron chi connectivity index (χ2n) is 8.26. The Balaban J connectivity index is 1.26. The molecule has 0 aromatic heterocycles. The SMILES string of the molecule is O=C(COC(=O)C1CCN(S(=O)(=O)c2ccc3c(c2)OCCO3)CC1)N[C@@H]1CCS(=O)(=O)C1. The lowest BCUT2D eigenvalue weighted by molar-refractivity contribution is -0.153. The van der Waals surface area contributed by atoms with E-state index < -0.39 is 50.3 Å². The first-order valence-electron chi connectivity index (χ1n) is 10.7. The van der Waals surface area contributed by atoms with Crippen molar-refractivity contribution in [2.24, 2.45) is 5.92 Å². The Morgan fingerprint density at radius 2 is 1.79 bits per heavy atom. The van der Waals surface area contributed by atoms with Crippen LogP contribution < -0.4 is 14.8 Å². The van der Waals surface area contributed by atoms with Crippen molar-refractivity contribution in [3.8, 4) is 11.5 Å². The van der Waals surface area contributed by atoms with Crippen LogP contribution in [0.3, 0.4) is 0 Å². The summed E-state index contributed by atoms with van der Waals surface area (Å²) in [7, 11) is -6.88. The number of rotatable bonds is 6. The van der Waals surface area contributed by atoms with E-state index in [0.717, 1.165) is 0 Å². The third kappa shape index (κ3) is 5.58. The number of piperidine rings is 1. The smallest absolute Gasteiger partial charge is 0.309 e. The highest BCUT2D eigenvalue weighted by molar-refractivity contribution is 7.91. The highest BCUT2D eigenvalue weighted by Crippen LogP contribution is 2.34. The summed E-state index contributed by atoms with van der Waals surface area (Å²) < 4.78 is 66.2. The normalized spacial score (nSPS) is 23.1. The van der Waals surface area contributed by atoms with Gasteiger partial charge in [-0.2, -0.15) is 4.31 Å². The molecule has 0 saturated carbocycles. The lowest BCUT2D eigenvalue weighted by Crippen LogP contribution is -2.42. The van der Waals surface area contributed by atoms with Crippen molar-refractivity contribution in [1.29, 1.82) is 0 Å². The first-order valence-corrected chi connectivity index (χ1v) is 14.0. The van der Waals surface area contributed by atoms with Gasteiger partial charge in [-0.3, -0.25) is 9.59 Å². The van der Waals surface area contributed by atoms with E-state index in [1.54, 1.807) is 6.07 Å². The van der Waals surface area contributed by atoms with Crippen molar-refractivity contribution in [1.82, 2.24) is 9.62 Å². The minimum atomic E-state index is -3.76. The van der Waals surface area contributed by atoms with Gasteiger partial charge in [-0.25, -0.2) is 16.8 Å². The van der Waals surface area contributed by atoms with Crippen LogP contribution in [0.25, 0.3) is 0 Å². The van der Waals surface area contributed by atoms with E-state index >= 15 is 0 Å². The van der Waals surface area contributed by atoms with E-state index in [4.69, 9.17) is 14.2 Å². The largest absolute Gasteiger partial charge is 0.486 e. The summed E-state index contributed by atoms with van der Waals surface area (Å²) >= 11 is 0. The molecular weight excluding hydrogens is 476 g/mol. The molecule has 3 aliphatic heterocycles. The zero-order valence-corrected chi connectivity index (χ0v) is 19.5. The van der Waals surface area contributed by atoms with Crippen LogP contribution in [-0.2, 0) is 34.2 Å². The van der Waals surface area contributed by atoms with Crippen LogP contribution in [0.2, 0.25) is 0 Å². The Bertz CT molecular complexity index is 1130. The highest BCUT2D eigenvalue weighted by atomic mass is 32.2. The molecule has 0 aliphatic carbocycles. The molecule has 1 aromatic rings. The number of nitrogens with one attached hydrogen (secondary N) is 1. The molecule has 0 bridgehead atoms. The van der Waals surface area contributed by atoms with E-state index in [-0.39, 0.29) is 42.3 Å². The standard InChI is InChI=1S/C20H26N2O9S2/c23-19(21-15-5-10-32(25,26)13-15)12-31-20(24)14-3-6-22(7-4-14)33(27,28)16-1-2-17-18(11-16)30-9-8-29-17/h1-2,11,14-15H,3-10,12-13H2,(H,21,23)/t15-/m1/s1. The Morgan fingerprint density at radius 3 is 2.45 bits per heavy atom. The number of ether oxygens (including phenoxy) is 3. The van der Waals surface area contributed by atoms with Crippen LogP contribution in [0.1, 0.15) is 19.3 Å². The first-order chi connectivity index (χ1) is 15.6. The van der Waals surface area contributed by atoms with Crippen molar-refractivity contribution in [2.45, 2.75) is 30.2 Å². The first kappa shape index (κ1) is 23.8. The maximum atomic E-state index is 13.0. The molecule has 1 amide bonds. The number of benzene rings is 1. The van der Waals surface area contributed by atoms with E-state index in [1.165, 1.54) is 16.4 Å². The van der Waals surface area contributed by atoms with Gasteiger partial charge in [0.25, 0.3) is 5.91 Å². The third-order valence-corrected chi connectivity index (χ3v) is 9.54. The Labute approximate surface area is 192 Å². The molecule has 2 saturated heterocycles. The molecule has 2 fully saturated rings. The fourth-order valence-electron chi connectivity index (χ4n) is 4.10. The Hall–Kier alpha value is -2.38. The second-order valence-corrected chi connectivity index (χ2v) is 12.4. The lowest BCUT2D eigenvalue weighted by Gasteiger charge is -2.30. The number of amides is 1. The third-order valence-electron chi connectivity index (χ3n) is 5.88. The Morgan fingerprint density at radius 1 is 1.09 bits per heavy atom. The zero-order valence-electron chi connectivity index (χ0n) is 17.9. The molecule has 4 rings (SSSR count). The number of esters is 1. The van der Waals surface area contributed by atoms with Gasteiger partial charge in [-0.15, -0.1) is 0 Å². The number of fused-ring (bicyclic) bond motifs is 1. The summed E-state index contributed by atoms with van der Waals surface area (Å²) in [6.07, 6.45) is 0.883. The van der Waals surface area contributed by atoms with Crippen molar-refractivity contribution in [2.75, 3.05) is 44.4 Å². The number of sulfonamides is 1. The predicted molar refractivity (Wildman–Crippen MR) is 115 cm³/mol. The summed E-state index contributed by atoms with van der Waals surface area (Å²) in [6, 6.07) is 4.02. The molecule has 3 aliphatic rings. The Kier molecular flexibility index (Phi) is 6.82. The van der Waals surface area contributed by atoms with Gasteiger partial charge < -0.3 is 19.5 Å². The van der Waals surface area contributed by atoms with Crippen molar-refractivity contribution < 1.29 is 40.6 Å². The number of hydrogen-bond acceptors (Lipinski definition) is 9. The summed E-state index contributed by atoms with van der Waals surface area (Å²) in [6.45, 7) is 0.547. The van der Waals surface area contributed by atoms with Crippen LogP contribution in [0.4, 0.5) is 0 Å². The number of carbonyl (C=O) groups excluding carboxylic acids is 2. The topological polar surface area (TPSA) is 145 Å². The molecule has 1 aromatic carbocycles. The van der Waals surface area contributed by atoms with E-state index in [2.05, 4.69) is 5.32 Å². The van der Waals surface area contributed by atoms with E-state index in [9.17, 15) is 26.4 Å². The monoisotopic (exact) mass is 502 g/mol. The maximum Gasteiger partial charge on any atom is 0.309 e. The summed E-state index contributed by atoms with van der Waals surface area (Å²) in [5.74, 6) is -0.829. The van der Waals surface area contributed by atoms with Crippen molar-refractivity contribution >= 4 is 31.7 Å². The van der Waals surface area contributed by atoms with Gasteiger partial charge in [0.2, 0.25) is 10.0 Å². The van der Waals surface area contributed by atoms with Gasteiger partial charge in [0.15, 0.2) is 27.9 Å². The molecule has 3 heterocycles. The number of carbonyl (C=O) groups is 2. The second kappa shape index (κ2) is 9.47. The van der Waals surface area contributed by atoms with Gasteiger partial charge in [0.05, 0.1) is 22.3 Å². The van der Waals surface area contributed by atoms with Gasteiger partial charge >= 0.3 is 5.97 Å². The van der Waals surface area contributed by atoms with Gasteiger partial charge in [-0.1, -0.05) is 0 Å². The van der Waals surface area contributed by atoms with Gasteiger partial charge in [-0.05, 0) is 31.4 Å². The van der Waals surface area contributed by atoms with E-state index in [1.807, 2.05) is 0 Å². The molecule has 0 radical (unpaired) electrons. The van der Waals surface area contributed by atoms with Crippen LogP contribution in [-0.4, -0.2) is 83.5 Å². The number of nitrogens with zero attached hydrogens (tertiary/aromatic N) is 1. The van der Waals surface area contributed by atoms with Crippen molar-refractivity contribution in [3.05, 3.63) is 18.2 Å².